The molecule has 0 saturated carbocycles. The Balaban J connectivity index is -0.000000216. The van der Waals surface area contributed by atoms with Crippen molar-refractivity contribution in [3.8, 4) is 0 Å². The van der Waals surface area contributed by atoms with E-state index in [-0.39, 0.29) is 23.9 Å². The third kappa shape index (κ3) is 73.8. The molecule has 0 aliphatic carbocycles. The van der Waals surface area contributed by atoms with Crippen LogP contribution in [0.4, 0.5) is 0 Å². The van der Waals surface area contributed by atoms with E-state index in [4.69, 9.17) is 9.47 Å². The van der Waals surface area contributed by atoms with Crippen molar-refractivity contribution in [3.05, 3.63) is 38.2 Å². The standard InChI is InChI=1S/2C15H26O4.2C8H17.Sn/c2*1-2-3-4-5-6-7-8-9-10-13-19-15(18)12-11-14(16)17;2*1-3-5-7-8-6-4-2;/h2*11-12H,2-10,13H2,1H3,(H,16,17);2*1,3-8H2,2H3;/q;;;;+2/p-2/b2*12-11-;;;. The number of hydrogen-bond donors (Lipinski definition) is 0. The van der Waals surface area contributed by atoms with E-state index in [2.05, 4.69) is 41.5 Å². The molecule has 0 aromatic heterocycles. The van der Waals surface area contributed by atoms with Crippen LogP contribution in [0.3, 0.4) is 0 Å². The molecular weight excluding hydrogens is 799 g/mol. The Hall–Kier alpha value is -1.84. The van der Waals surface area contributed by atoms with Gasteiger partial charge >= 0.3 is 35.8 Å². The van der Waals surface area contributed by atoms with Crippen LogP contribution < -0.4 is 10.2 Å². The maximum absolute atomic E-state index is 11.0. The molecule has 0 aromatic rings. The van der Waals surface area contributed by atoms with Crippen molar-refractivity contribution >= 4 is 47.8 Å². The number of ether oxygens (including phenoxy) is 2. The number of aliphatic carboxylic acids is 2. The van der Waals surface area contributed by atoms with Crippen molar-refractivity contribution < 1.29 is 38.9 Å². The number of unbranched alkanes of at least 4 members (excludes halogenated alkanes) is 26. The van der Waals surface area contributed by atoms with Gasteiger partial charge in [-0.1, -0.05) is 221 Å². The zero-order chi connectivity index (χ0) is 41.2. The minimum atomic E-state index is -1.39. The van der Waals surface area contributed by atoms with Gasteiger partial charge in [0, 0.05) is 12.2 Å². The Morgan fingerprint density at radius 3 is 0.818 bits per heavy atom. The topological polar surface area (TPSA) is 133 Å². The van der Waals surface area contributed by atoms with E-state index in [1.807, 2.05) is 0 Å². The summed E-state index contributed by atoms with van der Waals surface area (Å²) < 4.78 is 9.67. The molecule has 9 heteroatoms. The van der Waals surface area contributed by atoms with Crippen LogP contribution in [-0.2, 0) is 28.7 Å². The summed E-state index contributed by atoms with van der Waals surface area (Å²) >= 11 is 0. The fourth-order valence-corrected chi connectivity index (χ4v) is 5.10. The molecule has 0 unspecified atom stereocenters. The van der Waals surface area contributed by atoms with Gasteiger partial charge in [-0.15, -0.1) is 0 Å². The predicted molar refractivity (Wildman–Crippen MR) is 228 cm³/mol. The van der Waals surface area contributed by atoms with E-state index >= 15 is 0 Å². The summed E-state index contributed by atoms with van der Waals surface area (Å²) in [7, 11) is 0. The summed E-state index contributed by atoms with van der Waals surface area (Å²) in [5.74, 6) is -4.02. The molecule has 55 heavy (non-hydrogen) atoms. The van der Waals surface area contributed by atoms with Crippen molar-refractivity contribution in [2.45, 2.75) is 220 Å². The van der Waals surface area contributed by atoms with Gasteiger partial charge in [0.1, 0.15) is 0 Å². The fraction of sp³-hybridized carbons (Fsp3) is 0.783. The van der Waals surface area contributed by atoms with Crippen molar-refractivity contribution in [2.75, 3.05) is 13.2 Å². The van der Waals surface area contributed by atoms with Gasteiger partial charge in [0.2, 0.25) is 0 Å². The number of carbonyl (C=O) groups is 4. The van der Waals surface area contributed by atoms with E-state index in [9.17, 15) is 29.4 Å². The van der Waals surface area contributed by atoms with Crippen LogP contribution in [-0.4, -0.2) is 61.0 Å². The fourth-order valence-electron chi connectivity index (χ4n) is 5.10. The zero-order valence-electron chi connectivity index (χ0n) is 36.1. The molecule has 4 radical (unpaired) electrons. The first-order valence-corrected chi connectivity index (χ1v) is 21.9. The first-order chi connectivity index (χ1) is 26.2. The number of rotatable bonds is 34. The van der Waals surface area contributed by atoms with Gasteiger partial charge in [-0.3, -0.25) is 0 Å². The van der Waals surface area contributed by atoms with Crippen molar-refractivity contribution in [1.29, 1.82) is 0 Å². The molecule has 0 spiro atoms. The average Bonchev–Trinajstić information content (AvgIpc) is 3.16. The summed E-state index contributed by atoms with van der Waals surface area (Å²) in [5.41, 5.74) is 0. The normalized spacial score (nSPS) is 10.3. The molecule has 0 bridgehead atoms. The largest absolute Gasteiger partial charge is 2.00 e. The summed E-state index contributed by atoms with van der Waals surface area (Å²) in [5, 5.41) is 20.1. The minimum Gasteiger partial charge on any atom is -0.545 e. The Morgan fingerprint density at radius 2 is 0.600 bits per heavy atom. The van der Waals surface area contributed by atoms with Gasteiger partial charge in [0.05, 0.1) is 25.2 Å². The summed E-state index contributed by atoms with van der Waals surface area (Å²) in [6.07, 6.45) is 40.7. The van der Waals surface area contributed by atoms with Crippen LogP contribution in [0, 0.1) is 13.8 Å². The Morgan fingerprint density at radius 1 is 0.382 bits per heavy atom. The van der Waals surface area contributed by atoms with Crippen molar-refractivity contribution in [2.24, 2.45) is 0 Å². The molecule has 0 saturated heterocycles. The molecule has 0 aliphatic rings. The number of carbonyl (C=O) groups excluding carboxylic acids is 4. The molecule has 0 rings (SSSR count). The zero-order valence-corrected chi connectivity index (χ0v) is 39.0. The third-order valence-electron chi connectivity index (χ3n) is 8.40. The van der Waals surface area contributed by atoms with Crippen LogP contribution in [0.1, 0.15) is 220 Å². The maximum atomic E-state index is 11.0. The van der Waals surface area contributed by atoms with E-state index in [0.29, 0.717) is 25.4 Å². The maximum Gasteiger partial charge on any atom is 2.00 e. The quantitative estimate of drug-likeness (QED) is 0.0270. The van der Waals surface area contributed by atoms with Gasteiger partial charge in [-0.05, 0) is 25.0 Å². The summed E-state index contributed by atoms with van der Waals surface area (Å²) in [6, 6.07) is 0. The monoisotopic (exact) mass is 885 g/mol. The first kappa shape index (κ1) is 62.4. The smallest absolute Gasteiger partial charge is 0.545 e. The molecule has 8 nitrogen and oxygen atoms in total. The molecular formula is C46H84O8Sn. The number of carboxylic acid groups (broad SMARTS) is 2. The van der Waals surface area contributed by atoms with Gasteiger partial charge in [0.25, 0.3) is 0 Å². The molecule has 0 atom stereocenters. The molecule has 0 aliphatic heterocycles. The van der Waals surface area contributed by atoms with Crippen molar-refractivity contribution in [3.63, 3.8) is 0 Å². The summed E-state index contributed by atoms with van der Waals surface area (Å²) in [6.45, 7) is 17.2. The van der Waals surface area contributed by atoms with Gasteiger partial charge in [-0.2, -0.15) is 0 Å². The number of carboxylic acids is 2. The van der Waals surface area contributed by atoms with Crippen LogP contribution in [0.25, 0.3) is 0 Å². The third-order valence-corrected chi connectivity index (χ3v) is 8.40. The molecule has 0 aromatic carbocycles. The average molecular weight is 884 g/mol. The second-order valence-corrected chi connectivity index (χ2v) is 13.8. The van der Waals surface area contributed by atoms with Crippen LogP contribution >= 0.6 is 0 Å². The van der Waals surface area contributed by atoms with Crippen molar-refractivity contribution in [1.82, 2.24) is 0 Å². The molecule has 0 amide bonds. The van der Waals surface area contributed by atoms with E-state index < -0.39 is 23.9 Å². The summed E-state index contributed by atoms with van der Waals surface area (Å²) in [4.78, 5) is 42.0. The molecule has 320 valence electrons. The van der Waals surface area contributed by atoms with Crippen LogP contribution in [0.5, 0.6) is 0 Å². The van der Waals surface area contributed by atoms with Crippen LogP contribution in [0.2, 0.25) is 0 Å². The van der Waals surface area contributed by atoms with E-state index in [1.165, 1.54) is 154 Å². The number of esters is 2. The van der Waals surface area contributed by atoms with E-state index in [0.717, 1.165) is 50.7 Å². The SMILES string of the molecule is CCCCCCCCCCCOC(=O)/C=C\C(=O)[O-].CCCCCCCCCCCOC(=O)/C=C\C(=O)[O-].[CH2]CCCCCCC.[CH2]CCCCCCC.[Sn+2]. The van der Waals surface area contributed by atoms with Gasteiger partial charge in [-0.25, -0.2) is 9.59 Å². The van der Waals surface area contributed by atoms with Gasteiger partial charge < -0.3 is 29.3 Å². The Bertz CT molecular complexity index is 764. The van der Waals surface area contributed by atoms with E-state index in [1.54, 1.807) is 0 Å². The minimum absolute atomic E-state index is 0. The van der Waals surface area contributed by atoms with Gasteiger partial charge in [0.15, 0.2) is 0 Å². The Labute approximate surface area is 356 Å². The predicted octanol–water partition coefficient (Wildman–Crippen LogP) is 10.7. The van der Waals surface area contributed by atoms with Crippen LogP contribution in [0.15, 0.2) is 24.3 Å². The molecule has 0 heterocycles. The Kier molecular flexibility index (Phi) is 66.7. The second kappa shape index (κ2) is 58.9. The second-order valence-electron chi connectivity index (χ2n) is 13.8. The first-order valence-electron chi connectivity index (χ1n) is 21.9. The molecule has 0 fully saturated rings. The number of hydrogen-bond acceptors (Lipinski definition) is 8. The molecule has 0 N–H and O–H groups in total.